The lowest BCUT2D eigenvalue weighted by Gasteiger charge is -2.43. The lowest BCUT2D eigenvalue weighted by Crippen LogP contribution is -2.53. The first-order chi connectivity index (χ1) is 18.4. The average Bonchev–Trinajstić information content (AvgIpc) is 3.48. The summed E-state index contributed by atoms with van der Waals surface area (Å²) >= 11 is 0. The highest BCUT2D eigenvalue weighted by molar-refractivity contribution is 5.86. The standard InChI is InChI=1S/C16H21NO2.C15H24O5/c1-11-13-9-15-14(18-10-19-15)8-12(13)4-7-17-6-3-5-16(11,17)2;1-11(2)10-19-13(17)15(9-12(16)18-5)8-6-7-14(3,4)20-15/h8-9,11H,3-7,10H2,1-2H3;1,6-10H2,2-5H3. The fraction of sp³-hybridized carbons (Fsp3) is 0.677. The van der Waals surface area contributed by atoms with Crippen LogP contribution in [0.4, 0.5) is 0 Å². The third kappa shape index (κ3) is 6.27. The fourth-order valence-electron chi connectivity index (χ4n) is 6.51. The largest absolute Gasteiger partial charge is 0.469 e. The van der Waals surface area contributed by atoms with Crippen LogP contribution in [0.1, 0.15) is 90.2 Å². The van der Waals surface area contributed by atoms with Gasteiger partial charge in [-0.3, -0.25) is 9.69 Å². The molecule has 8 nitrogen and oxygen atoms in total. The molecule has 0 radical (unpaired) electrons. The molecule has 4 aliphatic rings. The molecule has 0 saturated carbocycles. The highest BCUT2D eigenvalue weighted by Gasteiger charge is 2.50. The average molecular weight is 544 g/mol. The maximum atomic E-state index is 12.4. The number of methoxy groups -OCH3 is 1. The van der Waals surface area contributed by atoms with E-state index in [1.807, 2.05) is 13.8 Å². The molecule has 0 amide bonds. The molecule has 0 aliphatic carbocycles. The van der Waals surface area contributed by atoms with Crippen LogP contribution >= 0.6 is 0 Å². The smallest absolute Gasteiger partial charge is 0.339 e. The number of carbonyl (C=O) groups is 2. The first-order valence-electron chi connectivity index (χ1n) is 14.2. The van der Waals surface area contributed by atoms with E-state index in [1.54, 1.807) is 6.92 Å². The molecule has 0 spiro atoms. The molecular weight excluding hydrogens is 498 g/mol. The molecular formula is C31H45NO7. The van der Waals surface area contributed by atoms with Gasteiger partial charge in [-0.05, 0) is 108 Å². The molecule has 39 heavy (non-hydrogen) atoms. The van der Waals surface area contributed by atoms with E-state index in [-0.39, 0.29) is 13.0 Å². The van der Waals surface area contributed by atoms with Gasteiger partial charge in [0.05, 0.1) is 19.1 Å². The summed E-state index contributed by atoms with van der Waals surface area (Å²) in [5.74, 6) is 1.43. The van der Waals surface area contributed by atoms with Crippen molar-refractivity contribution < 1.29 is 33.3 Å². The molecule has 1 aromatic rings. The molecule has 5 rings (SSSR count). The maximum absolute atomic E-state index is 12.4. The Balaban J connectivity index is 0.000000181. The molecule has 8 heteroatoms. The summed E-state index contributed by atoms with van der Waals surface area (Å²) in [6, 6.07) is 4.44. The van der Waals surface area contributed by atoms with Crippen LogP contribution in [0.25, 0.3) is 0 Å². The van der Waals surface area contributed by atoms with E-state index < -0.39 is 23.1 Å². The van der Waals surface area contributed by atoms with E-state index in [0.717, 1.165) is 36.3 Å². The predicted octanol–water partition coefficient (Wildman–Crippen LogP) is 5.32. The van der Waals surface area contributed by atoms with Crippen LogP contribution in [-0.2, 0) is 30.2 Å². The molecule has 4 heterocycles. The van der Waals surface area contributed by atoms with Gasteiger partial charge in [0, 0.05) is 12.1 Å². The Morgan fingerprint density at radius 1 is 1.08 bits per heavy atom. The number of esters is 2. The summed E-state index contributed by atoms with van der Waals surface area (Å²) in [7, 11) is 1.29. The number of hydrogen-bond donors (Lipinski definition) is 0. The zero-order chi connectivity index (χ0) is 28.4. The Morgan fingerprint density at radius 2 is 1.79 bits per heavy atom. The summed E-state index contributed by atoms with van der Waals surface area (Å²) in [5.41, 5.74) is 2.27. The van der Waals surface area contributed by atoms with Gasteiger partial charge < -0.3 is 23.7 Å². The van der Waals surface area contributed by atoms with Gasteiger partial charge in [0.2, 0.25) is 6.79 Å². The van der Waals surface area contributed by atoms with Crippen molar-refractivity contribution in [2.75, 3.05) is 33.6 Å². The zero-order valence-corrected chi connectivity index (χ0v) is 24.5. The van der Waals surface area contributed by atoms with Crippen molar-refractivity contribution in [2.24, 2.45) is 0 Å². The normalized spacial score (nSPS) is 28.7. The molecule has 3 atom stereocenters. The van der Waals surface area contributed by atoms with Crippen LogP contribution in [-0.4, -0.2) is 67.2 Å². The van der Waals surface area contributed by atoms with Crippen LogP contribution in [0.15, 0.2) is 24.3 Å². The first-order valence-corrected chi connectivity index (χ1v) is 14.2. The van der Waals surface area contributed by atoms with Gasteiger partial charge >= 0.3 is 11.9 Å². The molecule has 0 bridgehead atoms. The Hall–Kier alpha value is -2.58. The van der Waals surface area contributed by atoms with E-state index in [2.05, 4.69) is 42.2 Å². The van der Waals surface area contributed by atoms with E-state index in [0.29, 0.717) is 24.7 Å². The molecule has 0 N–H and O–H groups in total. The lowest BCUT2D eigenvalue weighted by molar-refractivity contribution is -0.211. The highest BCUT2D eigenvalue weighted by atomic mass is 16.7. The zero-order valence-electron chi connectivity index (χ0n) is 24.5. The third-order valence-corrected chi connectivity index (χ3v) is 8.83. The molecule has 2 saturated heterocycles. The van der Waals surface area contributed by atoms with Crippen LogP contribution < -0.4 is 9.47 Å². The van der Waals surface area contributed by atoms with Crippen molar-refractivity contribution in [3.63, 3.8) is 0 Å². The van der Waals surface area contributed by atoms with Gasteiger partial charge in [0.1, 0.15) is 6.61 Å². The van der Waals surface area contributed by atoms with Crippen LogP contribution in [0, 0.1) is 0 Å². The van der Waals surface area contributed by atoms with E-state index in [9.17, 15) is 9.59 Å². The number of carbonyl (C=O) groups excluding carboxylic acids is 2. The van der Waals surface area contributed by atoms with Crippen LogP contribution in [0.2, 0.25) is 0 Å². The third-order valence-electron chi connectivity index (χ3n) is 8.83. The second kappa shape index (κ2) is 11.5. The van der Waals surface area contributed by atoms with Gasteiger partial charge in [0.15, 0.2) is 17.1 Å². The minimum atomic E-state index is -1.25. The molecule has 2 fully saturated rings. The van der Waals surface area contributed by atoms with Crippen molar-refractivity contribution in [1.82, 2.24) is 4.90 Å². The molecule has 0 aromatic heterocycles. The van der Waals surface area contributed by atoms with Gasteiger partial charge in [-0.2, -0.15) is 0 Å². The topological polar surface area (TPSA) is 83.5 Å². The second-order valence-corrected chi connectivity index (χ2v) is 12.3. The van der Waals surface area contributed by atoms with Gasteiger partial charge in [-0.25, -0.2) is 4.79 Å². The SMILES string of the molecule is C=C(C)COC(=O)C1(CC(=O)OC)CCCC(C)(C)O1.CC1c2cc3c(cc2CCN2CCCC12C)OCO3. The number of nitrogens with zero attached hydrogens (tertiary/aromatic N) is 1. The summed E-state index contributed by atoms with van der Waals surface area (Å²) in [6.45, 7) is 17.0. The van der Waals surface area contributed by atoms with Crippen molar-refractivity contribution in [2.45, 2.75) is 102 Å². The van der Waals surface area contributed by atoms with Crippen molar-refractivity contribution in [3.05, 3.63) is 35.4 Å². The van der Waals surface area contributed by atoms with Crippen LogP contribution in [0.5, 0.6) is 11.5 Å². The number of benzene rings is 1. The van der Waals surface area contributed by atoms with Gasteiger partial charge in [-0.1, -0.05) is 13.5 Å². The van der Waals surface area contributed by atoms with E-state index >= 15 is 0 Å². The Bertz CT molecular complexity index is 1100. The van der Waals surface area contributed by atoms with Gasteiger partial charge in [-0.15, -0.1) is 0 Å². The highest BCUT2D eigenvalue weighted by Crippen LogP contribution is 2.47. The van der Waals surface area contributed by atoms with Gasteiger partial charge in [0.25, 0.3) is 0 Å². The molecule has 4 aliphatic heterocycles. The second-order valence-electron chi connectivity index (χ2n) is 12.3. The van der Waals surface area contributed by atoms with E-state index in [4.69, 9.17) is 18.9 Å². The number of ether oxygens (including phenoxy) is 5. The van der Waals surface area contributed by atoms with Crippen molar-refractivity contribution in [3.8, 4) is 11.5 Å². The maximum Gasteiger partial charge on any atom is 0.339 e. The van der Waals surface area contributed by atoms with Crippen molar-refractivity contribution in [1.29, 1.82) is 0 Å². The predicted molar refractivity (Wildman–Crippen MR) is 148 cm³/mol. The van der Waals surface area contributed by atoms with Crippen LogP contribution in [0.3, 0.4) is 0 Å². The molecule has 216 valence electrons. The summed E-state index contributed by atoms with van der Waals surface area (Å²) in [4.78, 5) is 26.7. The summed E-state index contributed by atoms with van der Waals surface area (Å²) < 4.78 is 26.9. The summed E-state index contributed by atoms with van der Waals surface area (Å²) in [5, 5.41) is 0. The minimum absolute atomic E-state index is 0.123. The quantitative estimate of drug-likeness (QED) is 0.365. The molecule has 1 aromatic carbocycles. The van der Waals surface area contributed by atoms with Crippen molar-refractivity contribution >= 4 is 11.9 Å². The number of hydrogen-bond acceptors (Lipinski definition) is 8. The Kier molecular flexibility index (Phi) is 8.67. The van der Waals surface area contributed by atoms with E-state index in [1.165, 1.54) is 44.2 Å². The Morgan fingerprint density at radius 3 is 2.46 bits per heavy atom. The first kappa shape index (κ1) is 29.4. The Labute approximate surface area is 232 Å². The lowest BCUT2D eigenvalue weighted by atomic mass is 9.79. The fourth-order valence-corrected chi connectivity index (χ4v) is 6.51. The number of rotatable bonds is 5. The number of fused-ring (bicyclic) bond motifs is 3. The molecule has 3 unspecified atom stereocenters. The monoisotopic (exact) mass is 543 g/mol. The summed E-state index contributed by atoms with van der Waals surface area (Å²) in [6.07, 6.45) is 5.74. The minimum Gasteiger partial charge on any atom is -0.469 e.